The molecule has 1 aromatic rings. The van der Waals surface area contributed by atoms with Crippen molar-refractivity contribution < 1.29 is 14.6 Å². The number of ketones is 1. The zero-order valence-corrected chi connectivity index (χ0v) is 9.86. The van der Waals surface area contributed by atoms with Gasteiger partial charge >= 0.3 is 0 Å². The molecule has 1 heterocycles. The molecule has 0 unspecified atom stereocenters. The Bertz CT molecular complexity index is 369. The molecule has 1 N–H and O–H groups in total. The molecule has 1 aromatic heterocycles. The maximum Gasteiger partial charge on any atom is 0.195 e. The van der Waals surface area contributed by atoms with Crippen molar-refractivity contribution in [2.75, 3.05) is 6.61 Å². The fourth-order valence-electron chi connectivity index (χ4n) is 1.20. The number of hydrogen-bond donors (Lipinski definition) is 1. The van der Waals surface area contributed by atoms with Crippen molar-refractivity contribution in [2.24, 2.45) is 0 Å². The third-order valence-electron chi connectivity index (χ3n) is 2.00. The van der Waals surface area contributed by atoms with Gasteiger partial charge in [0.1, 0.15) is 11.4 Å². The normalized spacial score (nSPS) is 11.2. The fraction of sp³-hybridized carbons (Fsp3) is 0.500. The van der Waals surface area contributed by atoms with Gasteiger partial charge in [0.2, 0.25) is 0 Å². The van der Waals surface area contributed by atoms with Crippen LogP contribution in [0.25, 0.3) is 0 Å². The van der Waals surface area contributed by atoms with Crippen LogP contribution in [-0.2, 0) is 0 Å². The number of Topliss-reactive ketones (excluding diaryl/α,β-unsaturated/α-hetero) is 1. The molecule has 0 amide bonds. The molecule has 1 rings (SSSR count). The van der Waals surface area contributed by atoms with Crippen LogP contribution in [0.3, 0.4) is 0 Å². The summed E-state index contributed by atoms with van der Waals surface area (Å²) >= 11 is 0. The summed E-state index contributed by atoms with van der Waals surface area (Å²) in [6, 6.07) is 1.60. The number of nitrogens with zero attached hydrogens (tertiary/aromatic N) is 1. The van der Waals surface area contributed by atoms with E-state index < -0.39 is 5.60 Å². The van der Waals surface area contributed by atoms with E-state index in [1.807, 2.05) is 6.92 Å². The number of carbonyl (C=O) groups excluding carboxylic acids is 1. The predicted molar refractivity (Wildman–Crippen MR) is 60.7 cm³/mol. The first-order valence-electron chi connectivity index (χ1n) is 5.30. The van der Waals surface area contributed by atoms with Gasteiger partial charge in [-0.05, 0) is 26.3 Å². The van der Waals surface area contributed by atoms with Crippen molar-refractivity contribution in [3.63, 3.8) is 0 Å². The molecule has 0 aliphatic rings. The highest BCUT2D eigenvalue weighted by molar-refractivity contribution is 6.01. The molecule has 0 aromatic carbocycles. The number of carbonyl (C=O) groups is 1. The van der Waals surface area contributed by atoms with E-state index in [2.05, 4.69) is 4.98 Å². The standard InChI is InChI=1S/C12H17NO3/c1-4-5-16-10-6-9(7-13-8-10)11(14)12(2,3)15/h6-8,15H,4-5H2,1-3H3. The number of aliphatic hydroxyl groups is 1. The number of ether oxygens (including phenoxy) is 1. The molecule has 0 spiro atoms. The molecule has 0 bridgehead atoms. The van der Waals surface area contributed by atoms with Crippen LogP contribution in [0, 0.1) is 0 Å². The van der Waals surface area contributed by atoms with Gasteiger partial charge in [0.25, 0.3) is 0 Å². The number of hydrogen-bond acceptors (Lipinski definition) is 4. The summed E-state index contributed by atoms with van der Waals surface area (Å²) in [5.74, 6) is 0.193. The fourth-order valence-corrected chi connectivity index (χ4v) is 1.20. The molecule has 0 fully saturated rings. The quantitative estimate of drug-likeness (QED) is 0.773. The van der Waals surface area contributed by atoms with E-state index >= 15 is 0 Å². The summed E-state index contributed by atoms with van der Waals surface area (Å²) in [5.41, 5.74) is -1.02. The van der Waals surface area contributed by atoms with E-state index in [1.165, 1.54) is 20.0 Å². The Morgan fingerprint density at radius 2 is 2.19 bits per heavy atom. The van der Waals surface area contributed by atoms with Crippen molar-refractivity contribution in [1.29, 1.82) is 0 Å². The van der Waals surface area contributed by atoms with Crippen LogP contribution in [0.15, 0.2) is 18.5 Å². The van der Waals surface area contributed by atoms with E-state index in [9.17, 15) is 9.90 Å². The highest BCUT2D eigenvalue weighted by Gasteiger charge is 2.25. The first kappa shape index (κ1) is 12.6. The highest BCUT2D eigenvalue weighted by Crippen LogP contribution is 2.16. The van der Waals surface area contributed by atoms with E-state index in [0.29, 0.717) is 17.9 Å². The van der Waals surface area contributed by atoms with Gasteiger partial charge in [-0.15, -0.1) is 0 Å². The van der Waals surface area contributed by atoms with Crippen molar-refractivity contribution in [2.45, 2.75) is 32.8 Å². The Kier molecular flexibility index (Phi) is 4.01. The van der Waals surface area contributed by atoms with Crippen LogP contribution in [0.5, 0.6) is 5.75 Å². The number of aromatic nitrogens is 1. The Morgan fingerprint density at radius 3 is 2.75 bits per heavy atom. The minimum absolute atomic E-state index is 0.359. The summed E-state index contributed by atoms with van der Waals surface area (Å²) in [7, 11) is 0. The zero-order chi connectivity index (χ0) is 12.2. The largest absolute Gasteiger partial charge is 0.492 e. The topological polar surface area (TPSA) is 59.4 Å². The lowest BCUT2D eigenvalue weighted by atomic mass is 9.98. The Labute approximate surface area is 95.3 Å². The third kappa shape index (κ3) is 3.31. The molecule has 88 valence electrons. The van der Waals surface area contributed by atoms with Crippen molar-refractivity contribution in [1.82, 2.24) is 4.98 Å². The SMILES string of the molecule is CCCOc1cncc(C(=O)C(C)(C)O)c1. The van der Waals surface area contributed by atoms with Crippen LogP contribution in [-0.4, -0.2) is 28.1 Å². The maximum atomic E-state index is 11.7. The summed E-state index contributed by atoms with van der Waals surface area (Å²) in [6.07, 6.45) is 3.87. The minimum atomic E-state index is -1.38. The summed E-state index contributed by atoms with van der Waals surface area (Å²) in [5, 5.41) is 9.59. The number of pyridine rings is 1. The molecule has 16 heavy (non-hydrogen) atoms. The minimum Gasteiger partial charge on any atom is -0.492 e. The van der Waals surface area contributed by atoms with Crippen molar-refractivity contribution in [3.8, 4) is 5.75 Å². The van der Waals surface area contributed by atoms with E-state index in [4.69, 9.17) is 4.74 Å². The van der Waals surface area contributed by atoms with Crippen LogP contribution in [0.4, 0.5) is 0 Å². The van der Waals surface area contributed by atoms with Crippen LogP contribution in [0.1, 0.15) is 37.6 Å². The van der Waals surface area contributed by atoms with Gasteiger partial charge in [-0.3, -0.25) is 9.78 Å². The summed E-state index contributed by atoms with van der Waals surface area (Å²) in [4.78, 5) is 15.7. The van der Waals surface area contributed by atoms with Gasteiger partial charge in [-0.25, -0.2) is 0 Å². The molecule has 0 saturated carbocycles. The average molecular weight is 223 g/mol. The van der Waals surface area contributed by atoms with Crippen molar-refractivity contribution >= 4 is 5.78 Å². The molecule has 4 nitrogen and oxygen atoms in total. The van der Waals surface area contributed by atoms with Crippen LogP contribution < -0.4 is 4.74 Å². The smallest absolute Gasteiger partial charge is 0.195 e. The maximum absolute atomic E-state index is 11.7. The molecule has 0 radical (unpaired) electrons. The lowest BCUT2D eigenvalue weighted by Gasteiger charge is -2.15. The third-order valence-corrected chi connectivity index (χ3v) is 2.00. The molecular formula is C12H17NO3. The molecule has 0 atom stereocenters. The number of rotatable bonds is 5. The van der Waals surface area contributed by atoms with Crippen molar-refractivity contribution in [3.05, 3.63) is 24.0 Å². The molecule has 0 aliphatic heterocycles. The Hall–Kier alpha value is -1.42. The summed E-state index contributed by atoms with van der Waals surface area (Å²) in [6.45, 7) is 5.49. The predicted octanol–water partition coefficient (Wildman–Crippen LogP) is 1.82. The van der Waals surface area contributed by atoms with E-state index in [0.717, 1.165) is 6.42 Å². The van der Waals surface area contributed by atoms with Gasteiger partial charge < -0.3 is 9.84 Å². The Balaban J connectivity index is 2.86. The second-order valence-corrected chi connectivity index (χ2v) is 4.15. The second-order valence-electron chi connectivity index (χ2n) is 4.15. The average Bonchev–Trinajstić information content (AvgIpc) is 2.24. The lowest BCUT2D eigenvalue weighted by Crippen LogP contribution is -2.31. The highest BCUT2D eigenvalue weighted by atomic mass is 16.5. The molecular weight excluding hydrogens is 206 g/mol. The van der Waals surface area contributed by atoms with Crippen LogP contribution in [0.2, 0.25) is 0 Å². The molecule has 4 heteroatoms. The van der Waals surface area contributed by atoms with E-state index in [1.54, 1.807) is 12.3 Å². The van der Waals surface area contributed by atoms with Gasteiger partial charge in [0.15, 0.2) is 5.78 Å². The summed E-state index contributed by atoms with van der Waals surface area (Å²) < 4.78 is 5.36. The van der Waals surface area contributed by atoms with Gasteiger partial charge in [0, 0.05) is 11.8 Å². The molecule has 0 aliphatic carbocycles. The second kappa shape index (κ2) is 5.07. The zero-order valence-electron chi connectivity index (χ0n) is 9.86. The van der Waals surface area contributed by atoms with Gasteiger partial charge in [-0.2, -0.15) is 0 Å². The lowest BCUT2D eigenvalue weighted by molar-refractivity contribution is 0.0487. The Morgan fingerprint density at radius 1 is 1.50 bits per heavy atom. The van der Waals surface area contributed by atoms with Gasteiger partial charge in [0.05, 0.1) is 12.8 Å². The van der Waals surface area contributed by atoms with Crippen LogP contribution >= 0.6 is 0 Å². The first-order valence-corrected chi connectivity index (χ1v) is 5.30. The first-order chi connectivity index (χ1) is 7.45. The van der Waals surface area contributed by atoms with E-state index in [-0.39, 0.29) is 5.78 Å². The monoisotopic (exact) mass is 223 g/mol. The molecule has 0 saturated heterocycles. The van der Waals surface area contributed by atoms with Gasteiger partial charge in [-0.1, -0.05) is 6.92 Å².